The SMILES string of the molecule is COC(=O)N1C=NC(c2ccccc2)C1. The molecule has 4 heteroatoms. The summed E-state index contributed by atoms with van der Waals surface area (Å²) in [5.74, 6) is 0. The highest BCUT2D eigenvalue weighted by molar-refractivity contribution is 5.83. The predicted octanol–water partition coefficient (Wildman–Crippen LogP) is 1.84. The van der Waals surface area contributed by atoms with Gasteiger partial charge in [-0.2, -0.15) is 0 Å². The molecule has 0 N–H and O–H groups in total. The zero-order chi connectivity index (χ0) is 10.7. The maximum atomic E-state index is 11.2. The first-order valence-corrected chi connectivity index (χ1v) is 4.74. The molecular weight excluding hydrogens is 192 g/mol. The number of nitrogens with zero attached hydrogens (tertiary/aromatic N) is 2. The van der Waals surface area contributed by atoms with E-state index in [2.05, 4.69) is 9.73 Å². The number of hydrogen-bond acceptors (Lipinski definition) is 3. The zero-order valence-corrected chi connectivity index (χ0v) is 8.46. The standard InChI is InChI=1S/C11H12N2O2/c1-15-11(14)13-7-10(12-8-13)9-5-3-2-4-6-9/h2-6,8,10H,7H2,1H3. The Morgan fingerprint density at radius 3 is 2.87 bits per heavy atom. The second-order valence-corrected chi connectivity index (χ2v) is 3.31. The Kier molecular flexibility index (Phi) is 2.67. The molecule has 15 heavy (non-hydrogen) atoms. The summed E-state index contributed by atoms with van der Waals surface area (Å²) < 4.78 is 4.61. The van der Waals surface area contributed by atoms with Gasteiger partial charge in [-0.05, 0) is 5.56 Å². The number of rotatable bonds is 1. The van der Waals surface area contributed by atoms with E-state index in [9.17, 15) is 4.79 Å². The van der Waals surface area contributed by atoms with Crippen LogP contribution in [0.5, 0.6) is 0 Å². The third kappa shape index (κ3) is 1.98. The van der Waals surface area contributed by atoms with Gasteiger partial charge in [0.05, 0.1) is 26.0 Å². The first-order valence-electron chi connectivity index (χ1n) is 4.74. The second kappa shape index (κ2) is 4.13. The van der Waals surface area contributed by atoms with Crippen LogP contribution in [0.3, 0.4) is 0 Å². The molecule has 1 aliphatic rings. The highest BCUT2D eigenvalue weighted by Gasteiger charge is 2.23. The summed E-state index contributed by atoms with van der Waals surface area (Å²) in [6.45, 7) is 0.552. The first kappa shape index (κ1) is 9.71. The van der Waals surface area contributed by atoms with Gasteiger partial charge < -0.3 is 4.74 Å². The fraction of sp³-hybridized carbons (Fsp3) is 0.273. The molecule has 0 aromatic heterocycles. The van der Waals surface area contributed by atoms with Crippen molar-refractivity contribution in [3.8, 4) is 0 Å². The van der Waals surface area contributed by atoms with Crippen LogP contribution in [0.1, 0.15) is 11.6 Å². The van der Waals surface area contributed by atoms with Crippen molar-refractivity contribution < 1.29 is 9.53 Å². The fourth-order valence-corrected chi connectivity index (χ4v) is 1.55. The average Bonchev–Trinajstić information content (AvgIpc) is 2.78. The molecule has 1 heterocycles. The number of aliphatic imine (C=N–C) groups is 1. The molecule has 1 amide bonds. The monoisotopic (exact) mass is 204 g/mol. The van der Waals surface area contributed by atoms with Crippen molar-refractivity contribution >= 4 is 12.4 Å². The lowest BCUT2D eigenvalue weighted by atomic mass is 10.1. The molecule has 0 spiro atoms. The second-order valence-electron chi connectivity index (χ2n) is 3.31. The molecule has 0 aliphatic carbocycles. The third-order valence-electron chi connectivity index (χ3n) is 2.35. The van der Waals surface area contributed by atoms with Crippen molar-refractivity contribution in [3.05, 3.63) is 35.9 Å². The van der Waals surface area contributed by atoms with Gasteiger partial charge >= 0.3 is 6.09 Å². The molecule has 0 saturated carbocycles. The van der Waals surface area contributed by atoms with Crippen LogP contribution in [0.2, 0.25) is 0 Å². The summed E-state index contributed by atoms with van der Waals surface area (Å²) in [5, 5.41) is 0. The van der Waals surface area contributed by atoms with E-state index in [1.54, 1.807) is 0 Å². The van der Waals surface area contributed by atoms with E-state index < -0.39 is 0 Å². The van der Waals surface area contributed by atoms with E-state index in [1.807, 2.05) is 30.3 Å². The summed E-state index contributed by atoms with van der Waals surface area (Å²) >= 11 is 0. The number of carbonyl (C=O) groups is 1. The normalized spacial score (nSPS) is 19.3. The topological polar surface area (TPSA) is 41.9 Å². The molecule has 1 aromatic carbocycles. The minimum absolute atomic E-state index is 0.0327. The minimum atomic E-state index is -0.364. The van der Waals surface area contributed by atoms with Gasteiger partial charge in [0.15, 0.2) is 0 Å². The largest absolute Gasteiger partial charge is 0.452 e. The van der Waals surface area contributed by atoms with Gasteiger partial charge in [0, 0.05) is 0 Å². The molecule has 0 fully saturated rings. The summed E-state index contributed by atoms with van der Waals surface area (Å²) in [5.41, 5.74) is 1.11. The van der Waals surface area contributed by atoms with Crippen LogP contribution in [0, 0.1) is 0 Å². The van der Waals surface area contributed by atoms with Gasteiger partial charge in [0.2, 0.25) is 0 Å². The van der Waals surface area contributed by atoms with Crippen molar-refractivity contribution in [2.75, 3.05) is 13.7 Å². The number of methoxy groups -OCH3 is 1. The fourth-order valence-electron chi connectivity index (χ4n) is 1.55. The van der Waals surface area contributed by atoms with Crippen LogP contribution >= 0.6 is 0 Å². The van der Waals surface area contributed by atoms with Crippen molar-refractivity contribution in [3.63, 3.8) is 0 Å². The number of hydrogen-bond donors (Lipinski definition) is 0. The molecule has 1 unspecified atom stereocenters. The Morgan fingerprint density at radius 1 is 1.47 bits per heavy atom. The zero-order valence-electron chi connectivity index (χ0n) is 8.46. The van der Waals surface area contributed by atoms with E-state index >= 15 is 0 Å². The molecule has 78 valence electrons. The minimum Gasteiger partial charge on any atom is -0.452 e. The number of benzene rings is 1. The van der Waals surface area contributed by atoms with Crippen LogP contribution in [0.4, 0.5) is 4.79 Å². The van der Waals surface area contributed by atoms with Gasteiger partial charge in [0.1, 0.15) is 0 Å². The molecule has 1 aromatic rings. The molecule has 0 bridgehead atoms. The van der Waals surface area contributed by atoms with E-state index in [-0.39, 0.29) is 12.1 Å². The summed E-state index contributed by atoms with van der Waals surface area (Å²) in [7, 11) is 1.37. The summed E-state index contributed by atoms with van der Waals surface area (Å²) in [6.07, 6.45) is 1.17. The van der Waals surface area contributed by atoms with Gasteiger partial charge in [-0.1, -0.05) is 30.3 Å². The lowest BCUT2D eigenvalue weighted by molar-refractivity contribution is 0.148. The molecule has 4 nitrogen and oxygen atoms in total. The van der Waals surface area contributed by atoms with Crippen LogP contribution in [-0.4, -0.2) is 31.0 Å². The Balaban J connectivity index is 2.06. The quantitative estimate of drug-likeness (QED) is 0.700. The third-order valence-corrected chi connectivity index (χ3v) is 2.35. The molecular formula is C11H12N2O2. The van der Waals surface area contributed by atoms with Crippen molar-refractivity contribution in [2.45, 2.75) is 6.04 Å². The Bertz CT molecular complexity index is 375. The highest BCUT2D eigenvalue weighted by Crippen LogP contribution is 2.21. The first-order chi connectivity index (χ1) is 7.31. The van der Waals surface area contributed by atoms with Crippen LogP contribution in [0.25, 0.3) is 0 Å². The maximum Gasteiger partial charge on any atom is 0.414 e. The molecule has 1 atom stereocenters. The Morgan fingerprint density at radius 2 is 2.20 bits per heavy atom. The molecule has 0 saturated heterocycles. The van der Waals surface area contributed by atoms with Gasteiger partial charge in [0.25, 0.3) is 0 Å². The van der Waals surface area contributed by atoms with E-state index in [0.717, 1.165) is 5.56 Å². The van der Waals surface area contributed by atoms with E-state index in [0.29, 0.717) is 6.54 Å². The predicted molar refractivity (Wildman–Crippen MR) is 56.8 cm³/mol. The summed E-state index contributed by atoms with van der Waals surface area (Å²) in [6, 6.07) is 9.92. The smallest absolute Gasteiger partial charge is 0.414 e. The Labute approximate surface area is 88.2 Å². The average molecular weight is 204 g/mol. The van der Waals surface area contributed by atoms with Crippen molar-refractivity contribution in [1.82, 2.24) is 4.90 Å². The summed E-state index contributed by atoms with van der Waals surface area (Å²) in [4.78, 5) is 16.9. The van der Waals surface area contributed by atoms with Crippen LogP contribution in [0.15, 0.2) is 35.3 Å². The molecule has 1 aliphatic heterocycles. The molecule has 0 radical (unpaired) electrons. The van der Waals surface area contributed by atoms with Gasteiger partial charge in [-0.3, -0.25) is 9.89 Å². The van der Waals surface area contributed by atoms with Crippen LogP contribution in [-0.2, 0) is 4.74 Å². The lowest BCUT2D eigenvalue weighted by Gasteiger charge is -2.12. The van der Waals surface area contributed by atoms with Crippen LogP contribution < -0.4 is 0 Å². The lowest BCUT2D eigenvalue weighted by Crippen LogP contribution is -2.28. The number of amides is 1. The number of ether oxygens (including phenoxy) is 1. The van der Waals surface area contributed by atoms with E-state index in [4.69, 9.17) is 0 Å². The Hall–Kier alpha value is -1.84. The van der Waals surface area contributed by atoms with E-state index in [1.165, 1.54) is 18.3 Å². The van der Waals surface area contributed by atoms with Crippen molar-refractivity contribution in [1.29, 1.82) is 0 Å². The van der Waals surface area contributed by atoms with Gasteiger partial charge in [-0.15, -0.1) is 0 Å². The van der Waals surface area contributed by atoms with Crippen molar-refractivity contribution in [2.24, 2.45) is 4.99 Å². The van der Waals surface area contributed by atoms with Gasteiger partial charge in [-0.25, -0.2) is 4.79 Å². The highest BCUT2D eigenvalue weighted by atomic mass is 16.5. The molecule has 2 rings (SSSR count). The number of carbonyl (C=O) groups excluding carboxylic acids is 1. The maximum absolute atomic E-state index is 11.2.